The fraction of sp³-hybridized carbons (Fsp3) is 0.510. The lowest BCUT2D eigenvalue weighted by Gasteiger charge is -2.22. The largest absolute Gasteiger partial charge is 0.481 e. The van der Waals surface area contributed by atoms with E-state index in [1.54, 1.807) is 54.6 Å². The lowest BCUT2D eigenvalue weighted by Crippen LogP contribution is -2.44. The Hall–Kier alpha value is -10.6. The number of amides is 6. The smallest absolute Gasteiger partial charge is 0.407 e. The Morgan fingerprint density at radius 2 is 0.756 bits per heavy atom. The van der Waals surface area contributed by atoms with Crippen molar-refractivity contribution in [2.45, 2.75) is 264 Å². The molecule has 1 aliphatic rings. The number of unbranched alkanes of at least 4 members (excludes halogenated alkanes) is 5. The highest BCUT2D eigenvalue weighted by Crippen LogP contribution is 2.24. The second-order valence-corrected chi connectivity index (χ2v) is 31.2. The number of ether oxygens (including phenoxy) is 4. The van der Waals surface area contributed by atoms with E-state index in [0.717, 1.165) is 60.2 Å². The maximum absolute atomic E-state index is 13.4. The Kier molecular flexibility index (Phi) is 76.5. The number of carboxylic acid groups (broad SMARTS) is 2. The summed E-state index contributed by atoms with van der Waals surface area (Å²) in [7, 11) is 0. The number of rotatable bonds is 51. The third-order valence-electron chi connectivity index (χ3n) is 19.3. The monoisotopic (exact) mass is 1890 g/mol. The molecule has 732 valence electrons. The van der Waals surface area contributed by atoms with E-state index in [0.29, 0.717) is 124 Å². The number of benzene rings is 6. The van der Waals surface area contributed by atoms with Gasteiger partial charge in [-0.25, -0.2) is 14.4 Å². The molecule has 7 rings (SSSR count). The van der Waals surface area contributed by atoms with Crippen molar-refractivity contribution in [2.75, 3.05) is 45.8 Å². The molecule has 0 spiro atoms. The maximum atomic E-state index is 13.4. The van der Waals surface area contributed by atoms with Gasteiger partial charge in [0.2, 0.25) is 17.7 Å². The van der Waals surface area contributed by atoms with Crippen LogP contribution in [-0.2, 0) is 106 Å². The minimum atomic E-state index is -1.10. The fourth-order valence-electron chi connectivity index (χ4n) is 12.0. The van der Waals surface area contributed by atoms with Gasteiger partial charge in [-0.05, 0) is 131 Å². The van der Waals surface area contributed by atoms with Crippen LogP contribution >= 0.6 is 34.8 Å². The van der Waals surface area contributed by atoms with Crippen LogP contribution in [0.4, 0.5) is 14.4 Å². The highest BCUT2D eigenvalue weighted by Gasteiger charge is 2.30. The van der Waals surface area contributed by atoms with Crippen LogP contribution in [-0.4, -0.2) is 145 Å². The number of alkyl carbamates (subject to hydrolysis) is 3. The second kappa shape index (κ2) is 79.2. The molecule has 6 atom stereocenters. The first-order valence-electron chi connectivity index (χ1n) is 43.4. The zero-order chi connectivity index (χ0) is 93.1. The van der Waals surface area contributed by atoms with Gasteiger partial charge in [-0.1, -0.05) is 284 Å². The number of ketones is 3. The number of hydrogen-bond donors (Lipinski definition) is 11. The number of esters is 2. The van der Waals surface area contributed by atoms with Crippen molar-refractivity contribution < 1.29 is 91.5 Å². The minimum Gasteiger partial charge on any atom is -0.481 e. The van der Waals surface area contributed by atoms with Gasteiger partial charge in [0.1, 0.15) is 25.6 Å². The number of carbonyl (C=O) groups excluding carboxylic acids is 11. The van der Waals surface area contributed by atoms with Gasteiger partial charge in [0, 0.05) is 108 Å². The Bertz CT molecular complexity index is 4160. The van der Waals surface area contributed by atoms with Crippen LogP contribution in [0.1, 0.15) is 246 Å². The molecule has 1 aliphatic heterocycles. The summed E-state index contributed by atoms with van der Waals surface area (Å²) in [5.74, 6) is -6.23. The van der Waals surface area contributed by atoms with Crippen LogP contribution in [0, 0.1) is 23.7 Å². The molecule has 0 aliphatic carbocycles. The first kappa shape index (κ1) is 127. The van der Waals surface area contributed by atoms with E-state index in [-0.39, 0.29) is 143 Å². The van der Waals surface area contributed by atoms with Crippen LogP contribution in [0.3, 0.4) is 0 Å². The highest BCUT2D eigenvalue weighted by molar-refractivity contribution is 6.32. The molecule has 0 aromatic heterocycles. The summed E-state index contributed by atoms with van der Waals surface area (Å²) in [6.45, 7) is 14.0. The van der Waals surface area contributed by atoms with Crippen molar-refractivity contribution >= 4 is 112 Å². The number of carbonyl (C=O) groups is 13. The number of Topliss-reactive ketones (excluding diaryl/α,β-unsaturated/α-hetero) is 3. The van der Waals surface area contributed by atoms with Gasteiger partial charge in [-0.3, -0.25) is 47.9 Å². The molecule has 6 aromatic carbocycles. The van der Waals surface area contributed by atoms with Gasteiger partial charge in [-0.15, -0.1) is 0 Å². The van der Waals surface area contributed by atoms with Crippen LogP contribution < -0.4 is 49.1 Å². The minimum absolute atomic E-state index is 0. The standard InChI is InChI=1S/C31H40ClN3O7.C27H36ClN3O4.C25H30ClNO5.C5H13N.C4H4O3.C3H9N.5CH4/c1-2-17-33-30(40)23(12-8-9-18-34-31(41)42-21-24-13-6-7-14-25(24)32)20-27(36)26(19-22-10-4-3-5-11-22)35-28(37)15-16-29(38)39;1-2-15-30-26(33)21(18-25(32)24(29)17-20-10-4-3-5-11-20)12-8-9-16-31-27(34)35-19-22-13-6-7-14-23(22)28;1-18(15-19-9-3-2-4-10-19)23(28)16-20(24(29)30)11-7-8-14-27-25(31)32-17-21-12-5-6-13-22(21)26;1-2-3-4-5-6;5-3-1-2-4(6)7-3;1-2-3-4;;;;;/h3-7,10-11,13-14,23,26H,2,8-9,12,15-21H2,1H3,(H,33,40)(H,34,41)(H,35,37)(H,38,39);3-7,10-11,13-14,21,24H,2,8-9,12,15-19,29H2,1H3,(H,30,33)(H,31,34);2-6,9-10,12-13,18,20H,7-8,11,14-17H2,1H3,(H,27,31)(H,29,30);2-6H2,1H3;1-2H2;2-4H2,1H3;5*1H4. The number of cyclic esters (lactones) is 2. The molecule has 0 bridgehead atoms. The predicted molar refractivity (Wildman–Crippen MR) is 522 cm³/mol. The molecule has 131 heavy (non-hydrogen) atoms. The molecule has 28 nitrogen and oxygen atoms in total. The van der Waals surface area contributed by atoms with Crippen molar-refractivity contribution in [1.82, 2.24) is 31.9 Å². The first-order valence-corrected chi connectivity index (χ1v) is 44.5. The molecular formula is C100H152Cl3N9O19. The number of carboxylic acids is 2. The Morgan fingerprint density at radius 1 is 0.405 bits per heavy atom. The van der Waals surface area contributed by atoms with Crippen molar-refractivity contribution in [3.05, 3.63) is 212 Å². The molecule has 14 N–H and O–H groups in total. The molecule has 6 amide bonds. The molecule has 1 saturated heterocycles. The quantitative estimate of drug-likeness (QED) is 0.00731. The summed E-state index contributed by atoms with van der Waals surface area (Å²) in [6, 6.07) is 48.3. The van der Waals surface area contributed by atoms with Crippen LogP contribution in [0.2, 0.25) is 15.1 Å². The summed E-state index contributed by atoms with van der Waals surface area (Å²) in [5, 5.41) is 36.4. The Balaban J connectivity index is -0.000000833. The number of hydrogen-bond acceptors (Lipinski definition) is 20. The molecule has 0 radical (unpaired) electrons. The van der Waals surface area contributed by atoms with E-state index in [1.165, 1.54) is 19.3 Å². The van der Waals surface area contributed by atoms with Gasteiger partial charge in [0.05, 0.1) is 37.3 Å². The topological polar surface area (TPSA) is 450 Å². The van der Waals surface area contributed by atoms with Gasteiger partial charge in [0.25, 0.3) is 0 Å². The molecule has 6 aromatic rings. The Morgan fingerprint density at radius 3 is 1.08 bits per heavy atom. The Labute approximate surface area is 793 Å². The number of nitrogens with one attached hydrogen (secondary N) is 6. The second-order valence-electron chi connectivity index (χ2n) is 30.0. The summed E-state index contributed by atoms with van der Waals surface area (Å²) in [6.07, 6.45) is 11.0. The SMILES string of the molecule is C.C.C.C.C.CC(Cc1ccccc1)C(=O)CC(CCCCNC(=O)OCc1ccccc1Cl)C(=O)O.CCCCCN.CCCN.CCCNC(=O)C(CCCCNC(=O)OCc1ccccc1Cl)CC(=O)C(Cc1ccccc1)NC(=O)CCC(=O)O.CCCNC(=O)C(CCCCNC(=O)OCc1ccccc1Cl)CC(=O)C(N)Cc1ccccc1.O=C1CCC(=O)O1. The van der Waals surface area contributed by atoms with Gasteiger partial charge in [-0.2, -0.15) is 0 Å². The van der Waals surface area contributed by atoms with Crippen LogP contribution in [0.25, 0.3) is 0 Å². The zero-order valence-electron chi connectivity index (χ0n) is 73.5. The lowest BCUT2D eigenvalue weighted by atomic mass is 9.88. The first-order chi connectivity index (χ1) is 60.6. The summed E-state index contributed by atoms with van der Waals surface area (Å²) in [4.78, 5) is 155. The third kappa shape index (κ3) is 61.6. The molecule has 6 unspecified atom stereocenters. The van der Waals surface area contributed by atoms with Gasteiger partial charge >= 0.3 is 42.2 Å². The maximum Gasteiger partial charge on any atom is 0.407 e. The van der Waals surface area contributed by atoms with E-state index in [2.05, 4.69) is 50.5 Å². The van der Waals surface area contributed by atoms with E-state index >= 15 is 0 Å². The predicted octanol–water partition coefficient (Wildman–Crippen LogP) is 18.6. The van der Waals surface area contributed by atoms with Gasteiger partial charge < -0.3 is 78.3 Å². The van der Waals surface area contributed by atoms with Crippen molar-refractivity contribution in [3.63, 3.8) is 0 Å². The number of halogens is 3. The lowest BCUT2D eigenvalue weighted by molar-refractivity contribution is -0.152. The molecule has 31 heteroatoms. The zero-order valence-corrected chi connectivity index (χ0v) is 75.8. The van der Waals surface area contributed by atoms with Gasteiger partial charge in [0.15, 0.2) is 11.6 Å². The average Bonchev–Trinajstić information content (AvgIpc) is 1.82. The average molecular weight is 1890 g/mol. The molecule has 1 heterocycles. The van der Waals surface area contributed by atoms with Crippen LogP contribution in [0.15, 0.2) is 164 Å². The van der Waals surface area contributed by atoms with E-state index < -0.39 is 77.9 Å². The third-order valence-corrected chi connectivity index (χ3v) is 20.4. The summed E-state index contributed by atoms with van der Waals surface area (Å²) < 4.78 is 19.6. The normalized spacial score (nSPS) is 12.0. The summed E-state index contributed by atoms with van der Waals surface area (Å²) in [5.41, 5.74) is 21.4. The van der Waals surface area contributed by atoms with Crippen molar-refractivity contribution in [3.8, 4) is 0 Å². The van der Waals surface area contributed by atoms with Crippen molar-refractivity contribution in [1.29, 1.82) is 0 Å². The fourth-order valence-corrected chi connectivity index (χ4v) is 12.6. The van der Waals surface area contributed by atoms with Crippen LogP contribution in [0.5, 0.6) is 0 Å². The molecule has 1 fully saturated rings. The highest BCUT2D eigenvalue weighted by atomic mass is 35.5. The van der Waals surface area contributed by atoms with E-state index in [1.807, 2.05) is 130 Å². The molecule has 0 saturated carbocycles. The van der Waals surface area contributed by atoms with E-state index in [4.69, 9.17) is 71.3 Å². The van der Waals surface area contributed by atoms with Crippen molar-refractivity contribution in [2.24, 2.45) is 40.9 Å². The number of aliphatic carboxylic acids is 2. The molecular weight excluding hydrogens is 1740 g/mol. The number of nitrogens with two attached hydrogens (primary N) is 3. The van der Waals surface area contributed by atoms with E-state index in [9.17, 15) is 67.4 Å². The summed E-state index contributed by atoms with van der Waals surface area (Å²) >= 11 is 18.2.